The second-order valence-corrected chi connectivity index (χ2v) is 6.53. The summed E-state index contributed by atoms with van der Waals surface area (Å²) in [7, 11) is 0. The Morgan fingerprint density at radius 2 is 1.81 bits per heavy atom. The number of carboxylic acid groups (broad SMARTS) is 1. The number of nitrogens with zero attached hydrogens (tertiary/aromatic N) is 1. The van der Waals surface area contributed by atoms with Crippen molar-refractivity contribution in [1.82, 2.24) is 4.90 Å². The monoisotopic (exact) mass is 353 g/mol. The summed E-state index contributed by atoms with van der Waals surface area (Å²) in [5, 5.41) is 9.34. The van der Waals surface area contributed by atoms with E-state index in [1.165, 1.54) is 6.07 Å². The molecule has 1 amide bonds. The highest BCUT2D eigenvalue weighted by Gasteiger charge is 2.24. The Hall–Kier alpha value is -2.66. The van der Waals surface area contributed by atoms with Gasteiger partial charge in [-0.3, -0.25) is 4.79 Å². The van der Waals surface area contributed by atoms with Gasteiger partial charge in [-0.05, 0) is 30.0 Å². The number of hydrogen-bond donors (Lipinski definition) is 1. The van der Waals surface area contributed by atoms with Gasteiger partial charge >= 0.3 is 5.97 Å². The zero-order valence-electron chi connectivity index (χ0n) is 14.6. The van der Waals surface area contributed by atoms with E-state index in [9.17, 15) is 14.7 Å². The van der Waals surface area contributed by atoms with Gasteiger partial charge < -0.3 is 14.7 Å². The number of hydrogen-bond acceptors (Lipinski definition) is 3. The van der Waals surface area contributed by atoms with Crippen LogP contribution in [0.3, 0.4) is 0 Å². The molecular formula is C21H23NO4. The third kappa shape index (κ3) is 4.70. The van der Waals surface area contributed by atoms with Crippen molar-refractivity contribution in [2.75, 3.05) is 13.2 Å². The molecule has 136 valence electrons. The number of aromatic carboxylic acids is 1. The lowest BCUT2D eigenvalue weighted by molar-refractivity contribution is -0.132. The van der Waals surface area contributed by atoms with Gasteiger partial charge in [0.15, 0.2) is 0 Å². The van der Waals surface area contributed by atoms with E-state index in [0.29, 0.717) is 18.7 Å². The minimum absolute atomic E-state index is 0.0531. The van der Waals surface area contributed by atoms with Crippen molar-refractivity contribution in [3.63, 3.8) is 0 Å². The average Bonchev–Trinajstić information content (AvgIpc) is 3.15. The lowest BCUT2D eigenvalue weighted by Crippen LogP contribution is -2.38. The molecule has 0 radical (unpaired) electrons. The summed E-state index contributed by atoms with van der Waals surface area (Å²) in [5.74, 6) is -1.10. The summed E-state index contributed by atoms with van der Waals surface area (Å²) in [4.78, 5) is 26.1. The number of carbonyl (C=O) groups is 2. The third-order valence-corrected chi connectivity index (χ3v) is 4.61. The van der Waals surface area contributed by atoms with Crippen LogP contribution in [0.2, 0.25) is 0 Å². The van der Waals surface area contributed by atoms with Crippen LogP contribution in [-0.2, 0) is 22.5 Å². The molecule has 1 aliphatic heterocycles. The third-order valence-electron chi connectivity index (χ3n) is 4.61. The van der Waals surface area contributed by atoms with E-state index < -0.39 is 5.97 Å². The number of amides is 1. The van der Waals surface area contributed by atoms with E-state index in [1.807, 2.05) is 30.3 Å². The molecule has 3 rings (SSSR count). The van der Waals surface area contributed by atoms with Gasteiger partial charge in [-0.1, -0.05) is 48.5 Å². The van der Waals surface area contributed by atoms with Gasteiger partial charge in [-0.25, -0.2) is 4.79 Å². The fourth-order valence-electron chi connectivity index (χ4n) is 3.25. The maximum Gasteiger partial charge on any atom is 0.335 e. The second-order valence-electron chi connectivity index (χ2n) is 6.53. The minimum Gasteiger partial charge on any atom is -0.478 e. The van der Waals surface area contributed by atoms with E-state index >= 15 is 0 Å². The van der Waals surface area contributed by atoms with Crippen LogP contribution in [0.5, 0.6) is 0 Å². The lowest BCUT2D eigenvalue weighted by atomic mass is 10.0. The minimum atomic E-state index is -1.01. The first-order chi connectivity index (χ1) is 12.6. The van der Waals surface area contributed by atoms with Crippen LogP contribution >= 0.6 is 0 Å². The molecule has 1 heterocycles. The van der Waals surface area contributed by atoms with Crippen LogP contribution in [0.25, 0.3) is 0 Å². The maximum atomic E-state index is 13.0. The molecule has 1 N–H and O–H groups in total. The highest BCUT2D eigenvalue weighted by Crippen LogP contribution is 2.17. The van der Waals surface area contributed by atoms with Crippen LogP contribution in [0.4, 0.5) is 0 Å². The van der Waals surface area contributed by atoms with Crippen LogP contribution < -0.4 is 0 Å². The molecule has 1 atom stereocenters. The Bertz CT molecular complexity index is 754. The average molecular weight is 353 g/mol. The molecule has 1 fully saturated rings. The number of benzene rings is 2. The predicted octanol–water partition coefficient (Wildman–Crippen LogP) is 3.14. The molecule has 2 aromatic carbocycles. The molecule has 2 aromatic rings. The van der Waals surface area contributed by atoms with E-state index in [0.717, 1.165) is 25.0 Å². The Balaban J connectivity index is 1.76. The van der Waals surface area contributed by atoms with Crippen molar-refractivity contribution in [3.05, 3.63) is 71.3 Å². The quantitative estimate of drug-likeness (QED) is 0.830. The van der Waals surface area contributed by atoms with Crippen molar-refractivity contribution in [3.8, 4) is 0 Å². The van der Waals surface area contributed by atoms with Crippen molar-refractivity contribution in [2.24, 2.45) is 0 Å². The molecule has 0 bridgehead atoms. The first kappa shape index (κ1) is 18.1. The normalized spacial score (nSPS) is 16.4. The highest BCUT2D eigenvalue weighted by molar-refractivity contribution is 5.91. The number of rotatable bonds is 7. The number of carboxylic acids is 1. The summed E-state index contributed by atoms with van der Waals surface area (Å²) in [6.07, 6.45) is 2.09. The standard InChI is InChI=1S/C21H23NO4/c23-20(13-17-9-4-5-11-19(17)21(24)25)22(15-18-10-6-12-26-18)14-16-7-2-1-3-8-16/h1-5,7-9,11,18H,6,10,12-15H2,(H,24,25). The fraction of sp³-hybridized carbons (Fsp3) is 0.333. The van der Waals surface area contributed by atoms with Crippen LogP contribution in [0.1, 0.15) is 34.3 Å². The highest BCUT2D eigenvalue weighted by atomic mass is 16.5. The predicted molar refractivity (Wildman–Crippen MR) is 97.9 cm³/mol. The second kappa shape index (κ2) is 8.63. The first-order valence-electron chi connectivity index (χ1n) is 8.88. The van der Waals surface area contributed by atoms with Gasteiger partial charge in [-0.15, -0.1) is 0 Å². The van der Waals surface area contributed by atoms with Gasteiger partial charge in [0, 0.05) is 19.7 Å². The molecule has 26 heavy (non-hydrogen) atoms. The summed E-state index contributed by atoms with van der Waals surface area (Å²) in [5.41, 5.74) is 1.76. The largest absolute Gasteiger partial charge is 0.478 e. The summed E-state index contributed by atoms with van der Waals surface area (Å²) < 4.78 is 5.70. The molecule has 1 aliphatic rings. The van der Waals surface area contributed by atoms with Crippen molar-refractivity contribution in [2.45, 2.75) is 31.9 Å². The SMILES string of the molecule is O=C(O)c1ccccc1CC(=O)N(Cc1ccccc1)CC1CCCO1. The molecule has 0 spiro atoms. The number of ether oxygens (including phenoxy) is 1. The molecule has 0 aliphatic carbocycles. The first-order valence-corrected chi connectivity index (χ1v) is 8.88. The maximum absolute atomic E-state index is 13.0. The van der Waals surface area contributed by atoms with E-state index in [-0.39, 0.29) is 24.0 Å². The Morgan fingerprint density at radius 1 is 1.08 bits per heavy atom. The van der Waals surface area contributed by atoms with E-state index in [2.05, 4.69) is 0 Å². The molecule has 5 nitrogen and oxygen atoms in total. The van der Waals surface area contributed by atoms with Crippen LogP contribution in [0.15, 0.2) is 54.6 Å². The molecule has 0 aromatic heterocycles. The molecule has 0 saturated carbocycles. The molecular weight excluding hydrogens is 330 g/mol. The zero-order chi connectivity index (χ0) is 18.4. The fourth-order valence-corrected chi connectivity index (χ4v) is 3.25. The van der Waals surface area contributed by atoms with Gasteiger partial charge in [0.25, 0.3) is 0 Å². The van der Waals surface area contributed by atoms with Gasteiger partial charge in [0.1, 0.15) is 0 Å². The summed E-state index contributed by atoms with van der Waals surface area (Å²) in [6, 6.07) is 16.5. The zero-order valence-corrected chi connectivity index (χ0v) is 14.6. The van der Waals surface area contributed by atoms with Crippen molar-refractivity contribution >= 4 is 11.9 Å². The van der Waals surface area contributed by atoms with Crippen LogP contribution in [0, 0.1) is 0 Å². The molecule has 1 unspecified atom stereocenters. The van der Waals surface area contributed by atoms with Gasteiger partial charge in [0.2, 0.25) is 5.91 Å². The molecule has 5 heteroatoms. The summed E-state index contributed by atoms with van der Waals surface area (Å²) >= 11 is 0. The Labute approximate surface area is 153 Å². The number of carbonyl (C=O) groups excluding carboxylic acids is 1. The van der Waals surface area contributed by atoms with E-state index in [4.69, 9.17) is 4.74 Å². The Morgan fingerprint density at radius 3 is 2.50 bits per heavy atom. The van der Waals surface area contributed by atoms with Crippen molar-refractivity contribution in [1.29, 1.82) is 0 Å². The van der Waals surface area contributed by atoms with E-state index in [1.54, 1.807) is 23.1 Å². The van der Waals surface area contributed by atoms with Crippen LogP contribution in [-0.4, -0.2) is 41.1 Å². The van der Waals surface area contributed by atoms with Gasteiger partial charge in [-0.2, -0.15) is 0 Å². The molecule has 1 saturated heterocycles. The smallest absolute Gasteiger partial charge is 0.335 e. The van der Waals surface area contributed by atoms with Crippen molar-refractivity contribution < 1.29 is 19.4 Å². The summed E-state index contributed by atoms with van der Waals surface area (Å²) in [6.45, 7) is 1.76. The van der Waals surface area contributed by atoms with Gasteiger partial charge in [0.05, 0.1) is 18.1 Å². The lowest BCUT2D eigenvalue weighted by Gasteiger charge is -2.26. The Kier molecular flexibility index (Phi) is 6.02. The topological polar surface area (TPSA) is 66.8 Å².